The van der Waals surface area contributed by atoms with Crippen molar-refractivity contribution in [2.75, 3.05) is 13.2 Å². The van der Waals surface area contributed by atoms with Gasteiger partial charge in [-0.25, -0.2) is 4.79 Å². The summed E-state index contributed by atoms with van der Waals surface area (Å²) in [5.41, 5.74) is 0.187. The molecule has 0 amide bonds. The molecule has 7 heteroatoms. The van der Waals surface area contributed by atoms with Crippen LogP contribution in [0.4, 0.5) is 0 Å². The summed E-state index contributed by atoms with van der Waals surface area (Å²) >= 11 is 0. The molecule has 0 spiro atoms. The van der Waals surface area contributed by atoms with Gasteiger partial charge in [0.25, 0.3) is 5.52 Å². The molecular formula is C12H13N2O5+. The number of aliphatic hydroxyl groups is 1. The number of aromatic nitrogens is 2. The smallest absolute Gasteiger partial charge is 0.411 e. The van der Waals surface area contributed by atoms with Crippen LogP contribution in [0, 0.1) is 11.8 Å². The third-order valence-corrected chi connectivity index (χ3v) is 2.71. The largest absolute Gasteiger partial charge is 0.455 e. The van der Waals surface area contributed by atoms with Gasteiger partial charge in [0.05, 0.1) is 11.0 Å². The number of esters is 1. The standard InChI is InChI=1S/C12H13N2O5/c1-8-11(12(16)19-7-6-15)14(18)10-5-3-2-4-9(10)13(8)17/h2-5,15,17H,6-7H2,1H3/q+1. The Morgan fingerprint density at radius 1 is 1.42 bits per heavy atom. The van der Waals surface area contributed by atoms with Crippen molar-refractivity contribution in [3.63, 3.8) is 0 Å². The van der Waals surface area contributed by atoms with E-state index in [1.807, 2.05) is 0 Å². The summed E-state index contributed by atoms with van der Waals surface area (Å²) in [7, 11) is 0. The molecule has 0 atom stereocenters. The minimum atomic E-state index is -0.893. The van der Waals surface area contributed by atoms with Crippen LogP contribution in [0.15, 0.2) is 24.3 Å². The highest BCUT2D eigenvalue weighted by molar-refractivity contribution is 5.88. The predicted molar refractivity (Wildman–Crippen MR) is 64.6 cm³/mol. The van der Waals surface area contributed by atoms with Crippen molar-refractivity contribution in [3.8, 4) is 0 Å². The van der Waals surface area contributed by atoms with E-state index in [-0.39, 0.29) is 35.6 Å². The number of carbonyl (C=O) groups is 1. The minimum Gasteiger partial charge on any atom is -0.455 e. The number of hydrogen-bond acceptors (Lipinski definition) is 5. The van der Waals surface area contributed by atoms with E-state index < -0.39 is 5.97 Å². The van der Waals surface area contributed by atoms with Crippen LogP contribution in [0.25, 0.3) is 11.0 Å². The lowest BCUT2D eigenvalue weighted by Crippen LogP contribution is -2.32. The Labute approximate surface area is 107 Å². The molecule has 0 radical (unpaired) electrons. The highest BCUT2D eigenvalue weighted by atomic mass is 16.5. The van der Waals surface area contributed by atoms with Gasteiger partial charge < -0.3 is 15.1 Å². The average Bonchev–Trinajstić information content (AvgIpc) is 2.43. The number of ether oxygens (including phenoxy) is 1. The molecular weight excluding hydrogens is 252 g/mol. The predicted octanol–water partition coefficient (Wildman–Crippen LogP) is 0.251. The van der Waals surface area contributed by atoms with Gasteiger partial charge in [-0.05, 0) is 13.0 Å². The quantitative estimate of drug-likeness (QED) is 0.471. The summed E-state index contributed by atoms with van der Waals surface area (Å²) in [4.78, 5) is 23.9. The second-order valence-electron chi connectivity index (χ2n) is 3.89. The molecule has 0 fully saturated rings. The first kappa shape index (κ1) is 13.0. The lowest BCUT2D eigenvalue weighted by Gasteiger charge is -2.05. The topological polar surface area (TPSA) is 94.7 Å². The lowest BCUT2D eigenvalue weighted by atomic mass is 10.2. The number of carbonyl (C=O) groups excluding carboxylic acids is 1. The number of rotatable bonds is 3. The van der Waals surface area contributed by atoms with Gasteiger partial charge in [0.1, 0.15) is 12.3 Å². The van der Waals surface area contributed by atoms with E-state index in [4.69, 9.17) is 9.84 Å². The number of nitrogens with zero attached hydrogens (tertiary/aromatic N) is 2. The molecule has 1 aromatic carbocycles. The monoisotopic (exact) mass is 265 g/mol. The second-order valence-corrected chi connectivity index (χ2v) is 3.89. The van der Waals surface area contributed by atoms with Gasteiger partial charge in [-0.2, -0.15) is 4.73 Å². The molecule has 1 heterocycles. The molecule has 0 bridgehead atoms. The molecule has 0 aliphatic heterocycles. The van der Waals surface area contributed by atoms with Crippen molar-refractivity contribution < 1.29 is 24.3 Å². The third-order valence-electron chi connectivity index (χ3n) is 2.71. The Morgan fingerprint density at radius 3 is 2.79 bits per heavy atom. The molecule has 0 aliphatic rings. The van der Waals surface area contributed by atoms with Crippen molar-refractivity contribution in [2.24, 2.45) is 0 Å². The molecule has 7 nitrogen and oxygen atoms in total. The third kappa shape index (κ3) is 2.15. The SMILES string of the molecule is Cc1c(C(=O)OCCO)[n+](=O)c2ccccc2n1O. The van der Waals surface area contributed by atoms with Crippen LogP contribution in [0.1, 0.15) is 16.2 Å². The Kier molecular flexibility index (Phi) is 3.48. The summed E-state index contributed by atoms with van der Waals surface area (Å²) in [6.07, 6.45) is 0. The molecule has 0 saturated carbocycles. The first-order chi connectivity index (χ1) is 9.07. The molecule has 19 heavy (non-hydrogen) atoms. The summed E-state index contributed by atoms with van der Waals surface area (Å²) in [6.45, 7) is 0.878. The molecule has 0 saturated heterocycles. The minimum absolute atomic E-state index is 0.0663. The number of benzene rings is 1. The molecule has 2 N–H and O–H groups in total. The Bertz CT molecular complexity index is 692. The maximum absolute atomic E-state index is 12.1. The van der Waals surface area contributed by atoms with Crippen molar-refractivity contribution in [1.82, 2.24) is 4.73 Å². The van der Waals surface area contributed by atoms with E-state index in [9.17, 15) is 14.9 Å². The molecule has 2 rings (SSSR count). The second kappa shape index (κ2) is 5.07. The Balaban J connectivity index is 2.68. The highest BCUT2D eigenvalue weighted by Crippen LogP contribution is 2.13. The van der Waals surface area contributed by atoms with E-state index in [0.29, 0.717) is 4.43 Å². The van der Waals surface area contributed by atoms with Gasteiger partial charge in [-0.1, -0.05) is 12.1 Å². The number of hydrogen-bond donors (Lipinski definition) is 2. The van der Waals surface area contributed by atoms with Gasteiger partial charge in [-0.15, -0.1) is 0 Å². The zero-order chi connectivity index (χ0) is 14.0. The lowest BCUT2D eigenvalue weighted by molar-refractivity contribution is -0.470. The van der Waals surface area contributed by atoms with Gasteiger partial charge in [-0.3, -0.25) is 0 Å². The fraction of sp³-hybridized carbons (Fsp3) is 0.250. The summed E-state index contributed by atoms with van der Waals surface area (Å²) in [5, 5.41) is 18.6. The van der Waals surface area contributed by atoms with Gasteiger partial charge in [0, 0.05) is 11.0 Å². The molecule has 0 aliphatic carbocycles. The van der Waals surface area contributed by atoms with Crippen molar-refractivity contribution in [2.45, 2.75) is 6.92 Å². The fourth-order valence-corrected chi connectivity index (χ4v) is 1.80. The van der Waals surface area contributed by atoms with E-state index in [1.165, 1.54) is 13.0 Å². The Morgan fingerprint density at radius 2 is 2.11 bits per heavy atom. The summed E-state index contributed by atoms with van der Waals surface area (Å²) in [5.74, 6) is -0.893. The highest BCUT2D eigenvalue weighted by Gasteiger charge is 2.30. The van der Waals surface area contributed by atoms with Crippen LogP contribution in [0.5, 0.6) is 0 Å². The van der Waals surface area contributed by atoms with Crippen LogP contribution in [0.3, 0.4) is 0 Å². The zero-order valence-electron chi connectivity index (χ0n) is 10.2. The normalized spacial score (nSPS) is 10.6. The summed E-state index contributed by atoms with van der Waals surface area (Å²) in [6, 6.07) is 6.32. The van der Waals surface area contributed by atoms with E-state index >= 15 is 0 Å². The molecule has 1 aromatic heterocycles. The van der Waals surface area contributed by atoms with Crippen molar-refractivity contribution in [3.05, 3.63) is 40.6 Å². The van der Waals surface area contributed by atoms with E-state index in [1.54, 1.807) is 18.2 Å². The summed E-state index contributed by atoms with van der Waals surface area (Å²) < 4.78 is 5.89. The average molecular weight is 265 g/mol. The maximum atomic E-state index is 12.1. The zero-order valence-corrected chi connectivity index (χ0v) is 10.2. The van der Waals surface area contributed by atoms with Crippen molar-refractivity contribution in [1.29, 1.82) is 0 Å². The van der Waals surface area contributed by atoms with Crippen LogP contribution >= 0.6 is 0 Å². The number of fused-ring (bicyclic) bond motifs is 1. The first-order valence-electron chi connectivity index (χ1n) is 5.62. The van der Waals surface area contributed by atoms with Gasteiger partial charge >= 0.3 is 11.7 Å². The van der Waals surface area contributed by atoms with Crippen LogP contribution in [0.2, 0.25) is 0 Å². The van der Waals surface area contributed by atoms with Gasteiger partial charge in [0.15, 0.2) is 5.52 Å². The Hall–Kier alpha value is -2.41. The van der Waals surface area contributed by atoms with Crippen LogP contribution < -0.4 is 4.43 Å². The number of aliphatic hydroxyl groups excluding tert-OH is 1. The van der Waals surface area contributed by atoms with E-state index in [0.717, 1.165) is 4.73 Å². The molecule has 2 aromatic rings. The first-order valence-corrected chi connectivity index (χ1v) is 5.62. The maximum Gasteiger partial charge on any atom is 0.411 e. The molecule has 0 unspecified atom stereocenters. The van der Waals surface area contributed by atoms with Crippen LogP contribution in [-0.2, 0) is 4.74 Å². The number of para-hydroxylation sites is 2. The van der Waals surface area contributed by atoms with Crippen LogP contribution in [-0.4, -0.2) is 34.2 Å². The van der Waals surface area contributed by atoms with Gasteiger partial charge in [0.2, 0.25) is 0 Å². The molecule has 100 valence electrons. The van der Waals surface area contributed by atoms with Crippen molar-refractivity contribution >= 4 is 17.0 Å². The van der Waals surface area contributed by atoms with E-state index in [2.05, 4.69) is 0 Å². The fourth-order valence-electron chi connectivity index (χ4n) is 1.80.